The number of carbonyl (C=O) groups excluding carboxylic acids is 1. The first kappa shape index (κ1) is 16.6. The van der Waals surface area contributed by atoms with Crippen molar-refractivity contribution in [2.45, 2.75) is 36.5 Å². The molecule has 0 amide bonds. The minimum atomic E-state index is -3.73. The lowest BCUT2D eigenvalue weighted by Crippen LogP contribution is -2.39. The predicted octanol–water partition coefficient (Wildman–Crippen LogP) is 3.85. The van der Waals surface area contributed by atoms with Gasteiger partial charge in [-0.3, -0.25) is 9.10 Å². The van der Waals surface area contributed by atoms with E-state index in [0.717, 1.165) is 17.5 Å². The maximum absolute atomic E-state index is 13.2. The van der Waals surface area contributed by atoms with Crippen molar-refractivity contribution in [1.82, 2.24) is 0 Å². The van der Waals surface area contributed by atoms with Crippen molar-refractivity contribution in [3.8, 4) is 0 Å². The smallest absolute Gasteiger partial charge is 0.264 e. The molecule has 1 aliphatic carbocycles. The van der Waals surface area contributed by atoms with E-state index in [9.17, 15) is 13.2 Å². The number of ketones is 1. The fourth-order valence-corrected chi connectivity index (χ4v) is 5.67. The molecule has 6 heteroatoms. The molecule has 0 saturated heterocycles. The van der Waals surface area contributed by atoms with E-state index in [1.807, 2.05) is 6.92 Å². The predicted molar refractivity (Wildman–Crippen MR) is 97.7 cm³/mol. The number of halogens is 1. The number of anilines is 1. The summed E-state index contributed by atoms with van der Waals surface area (Å²) < 4.78 is 27.8. The first-order chi connectivity index (χ1) is 11.8. The van der Waals surface area contributed by atoms with Crippen LogP contribution in [-0.2, 0) is 20.2 Å². The SMILES string of the molecule is Cc1ccc(S(=O)(=O)N2C[C@]3(CCCC3=O)c3cc(Cl)ccc32)cc1. The van der Waals surface area contributed by atoms with E-state index in [1.54, 1.807) is 42.5 Å². The average Bonchev–Trinajstić information content (AvgIpc) is 3.11. The Labute approximate surface area is 152 Å². The van der Waals surface area contributed by atoms with Crippen LogP contribution in [0.5, 0.6) is 0 Å². The monoisotopic (exact) mass is 375 g/mol. The van der Waals surface area contributed by atoms with Crippen LogP contribution >= 0.6 is 11.6 Å². The number of nitrogens with zero attached hydrogens (tertiary/aromatic N) is 1. The second-order valence-electron chi connectivity index (χ2n) is 6.85. The summed E-state index contributed by atoms with van der Waals surface area (Å²) in [4.78, 5) is 12.9. The Morgan fingerprint density at radius 2 is 1.84 bits per heavy atom. The zero-order valence-electron chi connectivity index (χ0n) is 13.8. The Morgan fingerprint density at radius 3 is 2.48 bits per heavy atom. The first-order valence-electron chi connectivity index (χ1n) is 8.27. The molecular weight excluding hydrogens is 358 g/mol. The van der Waals surface area contributed by atoms with E-state index in [4.69, 9.17) is 11.6 Å². The zero-order valence-corrected chi connectivity index (χ0v) is 15.4. The zero-order chi connectivity index (χ0) is 17.8. The molecule has 130 valence electrons. The molecule has 25 heavy (non-hydrogen) atoms. The number of Topliss-reactive ketones (excluding diaryl/α,β-unsaturated/α-hetero) is 1. The van der Waals surface area contributed by atoms with Crippen molar-refractivity contribution < 1.29 is 13.2 Å². The number of aryl methyl sites for hydroxylation is 1. The molecule has 2 aromatic rings. The van der Waals surface area contributed by atoms with Gasteiger partial charge in [0.05, 0.1) is 22.5 Å². The summed E-state index contributed by atoms with van der Waals surface area (Å²) in [5.74, 6) is 0.109. The second-order valence-corrected chi connectivity index (χ2v) is 9.14. The van der Waals surface area contributed by atoms with E-state index in [0.29, 0.717) is 23.6 Å². The fraction of sp³-hybridized carbons (Fsp3) is 0.316. The molecule has 0 N–H and O–H groups in total. The fourth-order valence-electron chi connectivity index (χ4n) is 3.96. The molecule has 0 aromatic heterocycles. The van der Waals surface area contributed by atoms with Crippen LogP contribution in [0.15, 0.2) is 47.4 Å². The quantitative estimate of drug-likeness (QED) is 0.801. The highest BCUT2D eigenvalue weighted by molar-refractivity contribution is 7.92. The highest BCUT2D eigenvalue weighted by Crippen LogP contribution is 2.50. The minimum absolute atomic E-state index is 0.109. The third-order valence-corrected chi connectivity index (χ3v) is 7.32. The summed E-state index contributed by atoms with van der Waals surface area (Å²) in [5, 5.41) is 0.521. The van der Waals surface area contributed by atoms with Gasteiger partial charge in [-0.15, -0.1) is 0 Å². The molecule has 0 bridgehead atoms. The van der Waals surface area contributed by atoms with Gasteiger partial charge in [0.1, 0.15) is 5.78 Å². The van der Waals surface area contributed by atoms with E-state index in [1.165, 1.54) is 4.31 Å². The van der Waals surface area contributed by atoms with E-state index in [2.05, 4.69) is 0 Å². The van der Waals surface area contributed by atoms with Crippen molar-refractivity contribution in [1.29, 1.82) is 0 Å². The van der Waals surface area contributed by atoms with E-state index in [-0.39, 0.29) is 17.2 Å². The highest BCUT2D eigenvalue weighted by Gasteiger charge is 2.53. The number of sulfonamides is 1. The summed E-state index contributed by atoms with van der Waals surface area (Å²) in [6, 6.07) is 11.9. The number of fused-ring (bicyclic) bond motifs is 2. The van der Waals surface area contributed by atoms with E-state index >= 15 is 0 Å². The molecule has 1 atom stereocenters. The molecule has 2 aromatic carbocycles. The Kier molecular flexibility index (Phi) is 3.71. The third kappa shape index (κ3) is 2.41. The Balaban J connectivity index is 1.87. The van der Waals surface area contributed by atoms with Crippen LogP contribution in [0, 0.1) is 6.92 Å². The van der Waals surface area contributed by atoms with Gasteiger partial charge in [0.25, 0.3) is 10.0 Å². The first-order valence-corrected chi connectivity index (χ1v) is 10.1. The summed E-state index contributed by atoms with van der Waals surface area (Å²) >= 11 is 6.15. The van der Waals surface area contributed by atoms with Crippen molar-refractivity contribution in [3.05, 3.63) is 58.6 Å². The molecule has 2 aliphatic rings. The van der Waals surface area contributed by atoms with E-state index < -0.39 is 15.4 Å². The van der Waals surface area contributed by atoms with Gasteiger partial charge in [0.15, 0.2) is 0 Å². The number of carbonyl (C=O) groups is 1. The molecule has 1 saturated carbocycles. The number of hydrogen-bond acceptors (Lipinski definition) is 3. The van der Waals surface area contributed by atoms with Gasteiger partial charge in [0, 0.05) is 11.4 Å². The van der Waals surface area contributed by atoms with Gasteiger partial charge in [0.2, 0.25) is 0 Å². The van der Waals surface area contributed by atoms with Crippen molar-refractivity contribution in [2.75, 3.05) is 10.8 Å². The third-order valence-electron chi connectivity index (χ3n) is 5.31. The Bertz CT molecular complexity index is 969. The Morgan fingerprint density at radius 1 is 1.12 bits per heavy atom. The van der Waals surface area contributed by atoms with Gasteiger partial charge in [-0.2, -0.15) is 0 Å². The topological polar surface area (TPSA) is 54.5 Å². The standard InChI is InChI=1S/C19H18ClNO3S/c1-13-4-7-15(8-5-13)25(23,24)21-12-19(10-2-3-18(19)22)16-11-14(20)6-9-17(16)21/h4-9,11H,2-3,10,12H2,1H3/t19-/m1/s1. The van der Waals surface area contributed by atoms with Gasteiger partial charge < -0.3 is 0 Å². The van der Waals surface area contributed by atoms with Crippen molar-refractivity contribution in [2.24, 2.45) is 0 Å². The summed E-state index contributed by atoms with van der Waals surface area (Å²) in [6.07, 6.45) is 1.94. The molecule has 4 rings (SSSR count). The lowest BCUT2D eigenvalue weighted by atomic mass is 9.80. The molecule has 1 aliphatic heterocycles. The maximum atomic E-state index is 13.2. The number of rotatable bonds is 2. The maximum Gasteiger partial charge on any atom is 0.264 e. The van der Waals surface area contributed by atoms with Gasteiger partial charge in [-0.1, -0.05) is 29.3 Å². The van der Waals surface area contributed by atoms with Gasteiger partial charge >= 0.3 is 0 Å². The highest BCUT2D eigenvalue weighted by atomic mass is 35.5. The molecule has 4 nitrogen and oxygen atoms in total. The van der Waals surface area contributed by atoms with Crippen LogP contribution < -0.4 is 4.31 Å². The van der Waals surface area contributed by atoms with Crippen LogP contribution in [0.2, 0.25) is 5.02 Å². The molecule has 0 unspecified atom stereocenters. The molecule has 0 radical (unpaired) electrons. The molecule has 1 heterocycles. The number of hydrogen-bond donors (Lipinski definition) is 0. The molecule has 1 spiro atoms. The van der Waals surface area contributed by atoms with Crippen molar-refractivity contribution in [3.63, 3.8) is 0 Å². The second kappa shape index (κ2) is 5.58. The van der Waals surface area contributed by atoms with Gasteiger partial charge in [-0.05, 0) is 55.7 Å². The minimum Gasteiger partial charge on any atom is -0.299 e. The van der Waals surface area contributed by atoms with Crippen LogP contribution in [0.1, 0.15) is 30.4 Å². The lowest BCUT2D eigenvalue weighted by Gasteiger charge is -2.24. The van der Waals surface area contributed by atoms with Crippen molar-refractivity contribution >= 4 is 33.1 Å². The molecular formula is C19H18ClNO3S. The largest absolute Gasteiger partial charge is 0.299 e. The summed E-state index contributed by atoms with van der Waals surface area (Å²) in [7, 11) is -3.73. The number of benzene rings is 2. The van der Waals surface area contributed by atoms with Crippen LogP contribution in [0.4, 0.5) is 5.69 Å². The van der Waals surface area contributed by atoms with Gasteiger partial charge in [-0.25, -0.2) is 8.42 Å². The summed E-state index contributed by atoms with van der Waals surface area (Å²) in [5.41, 5.74) is 1.56. The van der Waals surface area contributed by atoms with Crippen LogP contribution in [-0.4, -0.2) is 20.7 Å². The normalized spacial score (nSPS) is 22.6. The average molecular weight is 376 g/mol. The lowest BCUT2D eigenvalue weighted by molar-refractivity contribution is -0.121. The Hall–Kier alpha value is -1.85. The molecule has 1 fully saturated rings. The van der Waals surface area contributed by atoms with Crippen LogP contribution in [0.25, 0.3) is 0 Å². The summed E-state index contributed by atoms with van der Waals surface area (Å²) in [6.45, 7) is 2.08. The van der Waals surface area contributed by atoms with Crippen LogP contribution in [0.3, 0.4) is 0 Å².